The van der Waals surface area contributed by atoms with Crippen molar-refractivity contribution in [1.82, 2.24) is 5.32 Å². The lowest BCUT2D eigenvalue weighted by molar-refractivity contribution is -0.0941. The molecule has 0 aromatic carbocycles. The second kappa shape index (κ2) is 6.88. The van der Waals surface area contributed by atoms with Crippen LogP contribution in [-0.4, -0.2) is 38.0 Å². The first-order valence-corrected chi connectivity index (χ1v) is 7.25. The van der Waals surface area contributed by atoms with Gasteiger partial charge < -0.3 is 14.8 Å². The van der Waals surface area contributed by atoms with Crippen LogP contribution in [0.25, 0.3) is 0 Å². The number of nitrogens with one attached hydrogen (secondary N) is 1. The van der Waals surface area contributed by atoms with Crippen molar-refractivity contribution in [3.05, 3.63) is 0 Å². The molecule has 0 amide bonds. The number of hydrogen-bond acceptors (Lipinski definition) is 3. The van der Waals surface area contributed by atoms with Gasteiger partial charge in [-0.2, -0.15) is 0 Å². The maximum absolute atomic E-state index is 6.19. The summed E-state index contributed by atoms with van der Waals surface area (Å²) in [5.74, 6) is 0.767. The molecular formula is C15H31NO2. The van der Waals surface area contributed by atoms with Crippen LogP contribution < -0.4 is 5.32 Å². The topological polar surface area (TPSA) is 30.5 Å². The van der Waals surface area contributed by atoms with Gasteiger partial charge in [-0.15, -0.1) is 0 Å². The molecule has 0 aromatic rings. The molecule has 1 N–H and O–H groups in total. The fraction of sp³-hybridized carbons (Fsp3) is 1.00. The summed E-state index contributed by atoms with van der Waals surface area (Å²) in [7, 11) is 1.73. The molecule has 18 heavy (non-hydrogen) atoms. The van der Waals surface area contributed by atoms with Crippen molar-refractivity contribution in [2.45, 2.75) is 64.5 Å². The minimum Gasteiger partial charge on any atom is -0.382 e. The zero-order chi connectivity index (χ0) is 13.6. The summed E-state index contributed by atoms with van der Waals surface area (Å²) >= 11 is 0. The maximum Gasteiger partial charge on any atom is 0.0810 e. The van der Waals surface area contributed by atoms with Gasteiger partial charge in [0.2, 0.25) is 0 Å². The van der Waals surface area contributed by atoms with Crippen LogP contribution in [0.3, 0.4) is 0 Å². The SMILES string of the molecule is COCCOC1(CNC(C)(C)C)CCCC(C)C1. The van der Waals surface area contributed by atoms with Crippen molar-refractivity contribution >= 4 is 0 Å². The van der Waals surface area contributed by atoms with Gasteiger partial charge in [0, 0.05) is 19.2 Å². The van der Waals surface area contributed by atoms with Gasteiger partial charge in [0.1, 0.15) is 0 Å². The molecule has 0 radical (unpaired) electrons. The molecule has 1 fully saturated rings. The van der Waals surface area contributed by atoms with Crippen LogP contribution >= 0.6 is 0 Å². The number of ether oxygens (including phenoxy) is 2. The van der Waals surface area contributed by atoms with Crippen LogP contribution in [0.15, 0.2) is 0 Å². The Morgan fingerprint density at radius 2 is 2.00 bits per heavy atom. The summed E-state index contributed by atoms with van der Waals surface area (Å²) in [6.45, 7) is 11.3. The first-order valence-electron chi connectivity index (χ1n) is 7.25. The van der Waals surface area contributed by atoms with E-state index < -0.39 is 0 Å². The normalized spacial score (nSPS) is 29.5. The van der Waals surface area contributed by atoms with E-state index in [2.05, 4.69) is 33.0 Å². The second-order valence-electron chi connectivity index (χ2n) is 6.83. The predicted octanol–water partition coefficient (Wildman–Crippen LogP) is 2.99. The molecule has 108 valence electrons. The average molecular weight is 257 g/mol. The third-order valence-electron chi connectivity index (χ3n) is 3.69. The second-order valence-corrected chi connectivity index (χ2v) is 6.83. The van der Waals surface area contributed by atoms with Crippen LogP contribution in [0, 0.1) is 5.92 Å². The summed E-state index contributed by atoms with van der Waals surface area (Å²) in [5.41, 5.74) is 0.168. The van der Waals surface area contributed by atoms with Gasteiger partial charge in [0.05, 0.1) is 18.8 Å². The summed E-state index contributed by atoms with van der Waals surface area (Å²) < 4.78 is 11.3. The van der Waals surface area contributed by atoms with Gasteiger partial charge in [-0.05, 0) is 39.5 Å². The van der Waals surface area contributed by atoms with Crippen LogP contribution in [0.4, 0.5) is 0 Å². The monoisotopic (exact) mass is 257 g/mol. The molecule has 2 atom stereocenters. The Bertz CT molecular complexity index is 237. The van der Waals surface area contributed by atoms with Gasteiger partial charge in [-0.25, -0.2) is 0 Å². The third kappa shape index (κ3) is 5.68. The minimum atomic E-state index is 0.0173. The van der Waals surface area contributed by atoms with E-state index in [0.717, 1.165) is 12.5 Å². The quantitative estimate of drug-likeness (QED) is 0.742. The lowest BCUT2D eigenvalue weighted by Crippen LogP contribution is -2.51. The highest BCUT2D eigenvalue weighted by Gasteiger charge is 2.36. The molecule has 0 aliphatic heterocycles. The van der Waals surface area contributed by atoms with E-state index in [9.17, 15) is 0 Å². The van der Waals surface area contributed by atoms with Crippen molar-refractivity contribution in [1.29, 1.82) is 0 Å². The smallest absolute Gasteiger partial charge is 0.0810 e. The zero-order valence-electron chi connectivity index (χ0n) is 12.8. The predicted molar refractivity (Wildman–Crippen MR) is 75.9 cm³/mol. The Morgan fingerprint density at radius 1 is 1.28 bits per heavy atom. The molecular weight excluding hydrogens is 226 g/mol. The molecule has 1 saturated carbocycles. The van der Waals surface area contributed by atoms with Crippen LogP contribution in [-0.2, 0) is 9.47 Å². The fourth-order valence-electron chi connectivity index (χ4n) is 2.72. The first-order chi connectivity index (χ1) is 8.37. The molecule has 0 aromatic heterocycles. The van der Waals surface area contributed by atoms with E-state index in [0.29, 0.717) is 13.2 Å². The van der Waals surface area contributed by atoms with E-state index in [1.54, 1.807) is 7.11 Å². The first kappa shape index (κ1) is 15.9. The zero-order valence-corrected chi connectivity index (χ0v) is 12.8. The molecule has 3 nitrogen and oxygen atoms in total. The Balaban J connectivity index is 2.55. The molecule has 0 bridgehead atoms. The van der Waals surface area contributed by atoms with Gasteiger partial charge in [-0.1, -0.05) is 19.8 Å². The summed E-state index contributed by atoms with van der Waals surface area (Å²) in [6, 6.07) is 0. The maximum atomic E-state index is 6.19. The van der Waals surface area contributed by atoms with Crippen molar-refractivity contribution in [2.75, 3.05) is 26.9 Å². The van der Waals surface area contributed by atoms with Crippen molar-refractivity contribution in [3.63, 3.8) is 0 Å². The van der Waals surface area contributed by atoms with Crippen molar-refractivity contribution in [3.8, 4) is 0 Å². The highest BCUT2D eigenvalue weighted by atomic mass is 16.5. The molecule has 0 saturated heterocycles. The highest BCUT2D eigenvalue weighted by molar-refractivity contribution is 4.91. The number of hydrogen-bond donors (Lipinski definition) is 1. The Hall–Kier alpha value is -0.120. The van der Waals surface area contributed by atoms with Gasteiger partial charge in [-0.3, -0.25) is 0 Å². The summed E-state index contributed by atoms with van der Waals surface area (Å²) in [4.78, 5) is 0. The highest BCUT2D eigenvalue weighted by Crippen LogP contribution is 2.35. The van der Waals surface area contributed by atoms with E-state index in [4.69, 9.17) is 9.47 Å². The largest absolute Gasteiger partial charge is 0.382 e. The number of rotatable bonds is 6. The van der Waals surface area contributed by atoms with E-state index in [1.165, 1.54) is 25.7 Å². The van der Waals surface area contributed by atoms with Crippen LogP contribution in [0.2, 0.25) is 0 Å². The lowest BCUT2D eigenvalue weighted by atomic mass is 9.78. The molecule has 2 unspecified atom stereocenters. The molecule has 1 rings (SSSR count). The fourth-order valence-corrected chi connectivity index (χ4v) is 2.72. The standard InChI is InChI=1S/C15H31NO2/c1-13-7-6-8-15(11-13,18-10-9-17-5)12-16-14(2,3)4/h13,16H,6-12H2,1-5H3. The van der Waals surface area contributed by atoms with Gasteiger partial charge in [0.25, 0.3) is 0 Å². The Kier molecular flexibility index (Phi) is 6.09. The minimum absolute atomic E-state index is 0.0173. The average Bonchev–Trinajstić information content (AvgIpc) is 2.26. The molecule has 1 aliphatic carbocycles. The Labute approximate surface area is 113 Å². The molecule has 3 heteroatoms. The summed E-state index contributed by atoms with van der Waals surface area (Å²) in [6.07, 6.45) is 4.95. The number of methoxy groups -OCH3 is 1. The van der Waals surface area contributed by atoms with E-state index in [1.807, 2.05) is 0 Å². The molecule has 0 spiro atoms. The van der Waals surface area contributed by atoms with Crippen LogP contribution in [0.5, 0.6) is 0 Å². The Morgan fingerprint density at radius 3 is 2.56 bits per heavy atom. The van der Waals surface area contributed by atoms with Gasteiger partial charge >= 0.3 is 0 Å². The molecule has 1 aliphatic rings. The van der Waals surface area contributed by atoms with Crippen LogP contribution in [0.1, 0.15) is 53.4 Å². The van der Waals surface area contributed by atoms with Gasteiger partial charge in [0.15, 0.2) is 0 Å². The lowest BCUT2D eigenvalue weighted by Gasteiger charge is -2.42. The third-order valence-corrected chi connectivity index (χ3v) is 3.69. The van der Waals surface area contributed by atoms with Crippen molar-refractivity contribution < 1.29 is 9.47 Å². The van der Waals surface area contributed by atoms with Crippen molar-refractivity contribution in [2.24, 2.45) is 5.92 Å². The summed E-state index contributed by atoms with van der Waals surface area (Å²) in [5, 5.41) is 3.61. The van der Waals surface area contributed by atoms with E-state index in [-0.39, 0.29) is 11.1 Å². The molecule has 0 heterocycles. The van der Waals surface area contributed by atoms with E-state index >= 15 is 0 Å².